The number of carbonyl (C=O) groups is 1. The van der Waals surface area contributed by atoms with Gasteiger partial charge in [0.2, 0.25) is 0 Å². The number of aliphatic carboxylic acids is 1. The summed E-state index contributed by atoms with van der Waals surface area (Å²) in [6.45, 7) is 2.55. The Morgan fingerprint density at radius 2 is 2.04 bits per heavy atom. The number of hydrogen-bond donors (Lipinski definition) is 1. The van der Waals surface area contributed by atoms with Gasteiger partial charge in [-0.25, -0.2) is 4.79 Å². The number of aromatic nitrogens is 3. The molecule has 0 amide bonds. The van der Waals surface area contributed by atoms with E-state index in [-0.39, 0.29) is 4.91 Å². The van der Waals surface area contributed by atoms with E-state index in [1.165, 1.54) is 6.08 Å². The van der Waals surface area contributed by atoms with Crippen LogP contribution in [0.2, 0.25) is 5.02 Å². The van der Waals surface area contributed by atoms with Crippen molar-refractivity contribution in [2.75, 3.05) is 0 Å². The first kappa shape index (κ1) is 19.0. The number of carboxylic acids is 1. The Hall–Kier alpha value is -1.78. The van der Waals surface area contributed by atoms with Gasteiger partial charge in [0, 0.05) is 23.2 Å². The molecule has 2 aromatic heterocycles. The normalized spacial score (nSPS) is 11.7. The number of rotatable bonds is 6. The maximum absolute atomic E-state index is 11.6. The lowest BCUT2D eigenvalue weighted by Crippen LogP contribution is -2.02. The van der Waals surface area contributed by atoms with Crippen molar-refractivity contribution in [3.63, 3.8) is 0 Å². The van der Waals surface area contributed by atoms with Gasteiger partial charge < -0.3 is 14.1 Å². The van der Waals surface area contributed by atoms with Crippen molar-refractivity contribution in [3.05, 3.63) is 55.9 Å². The highest BCUT2D eigenvalue weighted by atomic mass is 127. The van der Waals surface area contributed by atoms with Crippen LogP contribution < -0.4 is 0 Å². The number of hydrogen-bond acceptors (Lipinski definition) is 5. The zero-order valence-corrected chi connectivity index (χ0v) is 17.2. The average Bonchev–Trinajstić information content (AvgIpc) is 3.20. The van der Waals surface area contributed by atoms with E-state index < -0.39 is 5.97 Å². The SMILES string of the molecule is CCn1c(S/C(=C\c2ccc(I)o2)C(=O)O)nnc1-c1ccc(Cl)cc1. The van der Waals surface area contributed by atoms with Gasteiger partial charge in [0.1, 0.15) is 10.7 Å². The molecule has 3 rings (SSSR count). The standard InChI is InChI=1S/C17H13ClIN3O3S/c1-2-22-15(10-3-5-11(18)6-4-10)20-21-17(22)26-13(16(23)24)9-12-7-8-14(19)25-12/h3-9H,2H2,1H3,(H,23,24)/b13-9-. The molecular weight excluding hydrogens is 489 g/mol. The quantitative estimate of drug-likeness (QED) is 0.290. The molecule has 0 aliphatic heterocycles. The summed E-state index contributed by atoms with van der Waals surface area (Å²) in [5.41, 5.74) is 0.858. The highest BCUT2D eigenvalue weighted by Gasteiger charge is 2.18. The monoisotopic (exact) mass is 501 g/mol. The molecule has 0 fully saturated rings. The molecule has 0 saturated carbocycles. The Balaban J connectivity index is 1.94. The summed E-state index contributed by atoms with van der Waals surface area (Å²) in [7, 11) is 0. The van der Waals surface area contributed by atoms with Gasteiger partial charge in [-0.1, -0.05) is 11.6 Å². The third kappa shape index (κ3) is 4.30. The summed E-state index contributed by atoms with van der Waals surface area (Å²) in [6, 6.07) is 10.7. The maximum Gasteiger partial charge on any atom is 0.342 e. The average molecular weight is 502 g/mol. The van der Waals surface area contributed by atoms with Gasteiger partial charge in [-0.05, 0) is 77.7 Å². The van der Waals surface area contributed by atoms with Crippen LogP contribution in [0, 0.1) is 3.77 Å². The minimum Gasteiger partial charge on any atom is -0.477 e. The molecule has 0 aliphatic carbocycles. The van der Waals surface area contributed by atoms with Crippen molar-refractivity contribution in [2.24, 2.45) is 0 Å². The fourth-order valence-electron chi connectivity index (χ4n) is 2.23. The zero-order valence-electron chi connectivity index (χ0n) is 13.5. The number of nitrogens with zero attached hydrogens (tertiary/aromatic N) is 3. The van der Waals surface area contributed by atoms with Crippen LogP contribution in [0.3, 0.4) is 0 Å². The van der Waals surface area contributed by atoms with Gasteiger partial charge in [-0.15, -0.1) is 10.2 Å². The zero-order chi connectivity index (χ0) is 18.7. The van der Waals surface area contributed by atoms with E-state index in [0.717, 1.165) is 17.3 Å². The van der Waals surface area contributed by atoms with Crippen LogP contribution in [-0.4, -0.2) is 25.8 Å². The molecule has 1 N–H and O–H groups in total. The Morgan fingerprint density at radius 3 is 2.62 bits per heavy atom. The molecule has 6 nitrogen and oxygen atoms in total. The number of benzene rings is 1. The lowest BCUT2D eigenvalue weighted by molar-refractivity contribution is -0.131. The van der Waals surface area contributed by atoms with E-state index in [0.29, 0.717) is 32.1 Å². The summed E-state index contributed by atoms with van der Waals surface area (Å²) >= 11 is 8.99. The highest BCUT2D eigenvalue weighted by Crippen LogP contribution is 2.31. The molecule has 0 spiro atoms. The van der Waals surface area contributed by atoms with E-state index in [1.807, 2.05) is 46.2 Å². The number of thioether (sulfide) groups is 1. The highest BCUT2D eigenvalue weighted by molar-refractivity contribution is 14.1. The minimum atomic E-state index is -1.06. The predicted molar refractivity (Wildman–Crippen MR) is 109 cm³/mol. The van der Waals surface area contributed by atoms with Gasteiger partial charge in [0.05, 0.1) is 0 Å². The minimum absolute atomic E-state index is 0.0977. The van der Waals surface area contributed by atoms with E-state index in [2.05, 4.69) is 10.2 Å². The number of carboxylic acid groups (broad SMARTS) is 1. The van der Waals surface area contributed by atoms with Crippen molar-refractivity contribution in [1.82, 2.24) is 14.8 Å². The summed E-state index contributed by atoms with van der Waals surface area (Å²) in [6.07, 6.45) is 1.48. The Morgan fingerprint density at radius 1 is 1.31 bits per heavy atom. The van der Waals surface area contributed by atoms with E-state index in [4.69, 9.17) is 16.0 Å². The Labute approximate surface area is 172 Å². The molecule has 26 heavy (non-hydrogen) atoms. The molecule has 134 valence electrons. The van der Waals surface area contributed by atoms with Crippen molar-refractivity contribution in [1.29, 1.82) is 0 Å². The van der Waals surface area contributed by atoms with Crippen molar-refractivity contribution in [3.8, 4) is 11.4 Å². The van der Waals surface area contributed by atoms with E-state index in [1.54, 1.807) is 24.3 Å². The van der Waals surface area contributed by atoms with Crippen LogP contribution in [0.1, 0.15) is 12.7 Å². The van der Waals surface area contributed by atoms with Crippen LogP contribution in [0.25, 0.3) is 17.5 Å². The Kier molecular flexibility index (Phi) is 6.05. The third-order valence-corrected chi connectivity index (χ3v) is 5.24. The van der Waals surface area contributed by atoms with Crippen LogP contribution >= 0.6 is 46.0 Å². The fourth-order valence-corrected chi connectivity index (χ4v) is 3.66. The molecule has 0 aliphatic rings. The molecule has 0 unspecified atom stereocenters. The second-order valence-corrected chi connectivity index (χ2v) is 7.62. The first-order chi connectivity index (χ1) is 12.5. The van der Waals surface area contributed by atoms with Crippen molar-refractivity contribution >= 4 is 58.0 Å². The largest absolute Gasteiger partial charge is 0.477 e. The van der Waals surface area contributed by atoms with Crippen LogP contribution in [0.4, 0.5) is 0 Å². The summed E-state index contributed by atoms with van der Waals surface area (Å²) in [5.74, 6) is 0.0730. The Bertz CT molecular complexity index is 966. The van der Waals surface area contributed by atoms with Crippen molar-refractivity contribution < 1.29 is 14.3 Å². The third-order valence-electron chi connectivity index (χ3n) is 3.41. The molecular formula is C17H13ClIN3O3S. The van der Waals surface area contributed by atoms with Crippen molar-refractivity contribution in [2.45, 2.75) is 18.6 Å². The van der Waals surface area contributed by atoms with Crippen LogP contribution in [0.5, 0.6) is 0 Å². The summed E-state index contributed by atoms with van der Waals surface area (Å²) in [4.78, 5) is 11.7. The van der Waals surface area contributed by atoms with Gasteiger partial charge >= 0.3 is 5.97 Å². The first-order valence-electron chi connectivity index (χ1n) is 7.55. The maximum atomic E-state index is 11.6. The topological polar surface area (TPSA) is 81.2 Å². The van der Waals surface area contributed by atoms with E-state index in [9.17, 15) is 9.90 Å². The molecule has 3 aromatic rings. The van der Waals surface area contributed by atoms with Gasteiger partial charge in [0.25, 0.3) is 0 Å². The van der Waals surface area contributed by atoms with E-state index >= 15 is 0 Å². The summed E-state index contributed by atoms with van der Waals surface area (Å²) < 4.78 is 7.97. The van der Waals surface area contributed by atoms with Gasteiger partial charge in [-0.2, -0.15) is 0 Å². The lowest BCUT2D eigenvalue weighted by Gasteiger charge is -2.07. The number of halogens is 2. The second-order valence-electron chi connectivity index (χ2n) is 5.12. The second kappa shape index (κ2) is 8.28. The fraction of sp³-hybridized carbons (Fsp3) is 0.118. The number of furan rings is 1. The molecule has 0 saturated heterocycles. The molecule has 0 radical (unpaired) electrons. The first-order valence-corrected chi connectivity index (χ1v) is 9.82. The molecule has 2 heterocycles. The molecule has 0 atom stereocenters. The molecule has 9 heteroatoms. The lowest BCUT2D eigenvalue weighted by atomic mass is 10.2. The van der Waals surface area contributed by atoms with Crippen LogP contribution in [-0.2, 0) is 11.3 Å². The van der Waals surface area contributed by atoms with Gasteiger partial charge in [0.15, 0.2) is 14.7 Å². The molecule has 1 aromatic carbocycles. The predicted octanol–water partition coefficient (Wildman–Crippen LogP) is 5.03. The smallest absolute Gasteiger partial charge is 0.342 e. The summed E-state index contributed by atoms with van der Waals surface area (Å²) in [5, 5.41) is 19.0. The van der Waals surface area contributed by atoms with Crippen LogP contribution in [0.15, 0.2) is 50.9 Å². The van der Waals surface area contributed by atoms with Gasteiger partial charge in [-0.3, -0.25) is 0 Å². The molecule has 0 bridgehead atoms.